The van der Waals surface area contributed by atoms with Crippen molar-refractivity contribution >= 4 is 0 Å². The fourth-order valence-corrected chi connectivity index (χ4v) is 2.18. The van der Waals surface area contributed by atoms with Crippen molar-refractivity contribution in [2.45, 2.75) is 79.1 Å². The van der Waals surface area contributed by atoms with Gasteiger partial charge in [0.15, 0.2) is 0 Å². The summed E-state index contributed by atoms with van der Waals surface area (Å²) in [5.74, 6) is 1.96. The van der Waals surface area contributed by atoms with Crippen LogP contribution in [0.5, 0.6) is 0 Å². The van der Waals surface area contributed by atoms with Crippen LogP contribution in [-0.2, 0) is 0 Å². The Hall–Kier alpha value is 0. The Morgan fingerprint density at radius 2 is 1.50 bits per heavy atom. The Kier molecular flexibility index (Phi) is 9.55. The van der Waals surface area contributed by atoms with E-state index in [0.29, 0.717) is 0 Å². The predicted octanol–water partition coefficient (Wildman–Crippen LogP) is 5.42. The van der Waals surface area contributed by atoms with Gasteiger partial charge in [-0.2, -0.15) is 0 Å². The van der Waals surface area contributed by atoms with E-state index >= 15 is 0 Å². The Balaban J connectivity index is 3.46. The van der Waals surface area contributed by atoms with Crippen molar-refractivity contribution in [3.8, 4) is 0 Å². The van der Waals surface area contributed by atoms with Crippen LogP contribution in [0, 0.1) is 11.8 Å². The SMILES string of the molecule is CCCC[C@H](C)CCC(CC)CCC. The summed E-state index contributed by atoms with van der Waals surface area (Å²) < 4.78 is 0. The van der Waals surface area contributed by atoms with Crippen molar-refractivity contribution in [3.05, 3.63) is 0 Å². The van der Waals surface area contributed by atoms with Gasteiger partial charge in [-0.05, 0) is 11.8 Å². The molecule has 2 atom stereocenters. The third kappa shape index (κ3) is 7.41. The van der Waals surface area contributed by atoms with Gasteiger partial charge in [0.1, 0.15) is 0 Å². The zero-order valence-electron chi connectivity index (χ0n) is 10.8. The standard InChI is InChI=1S/C14H30/c1-5-8-10-13(4)11-12-14(7-3)9-6-2/h13-14H,5-12H2,1-4H3/t13-,14?/m0/s1. The molecule has 0 N–H and O–H groups in total. The fraction of sp³-hybridized carbons (Fsp3) is 1.00. The summed E-state index contributed by atoms with van der Waals surface area (Å²) in [6, 6.07) is 0. The Labute approximate surface area is 91.5 Å². The molecule has 0 aliphatic heterocycles. The summed E-state index contributed by atoms with van der Waals surface area (Å²) in [6.07, 6.45) is 11.3. The highest BCUT2D eigenvalue weighted by molar-refractivity contribution is 4.60. The van der Waals surface area contributed by atoms with Gasteiger partial charge in [0.2, 0.25) is 0 Å². The van der Waals surface area contributed by atoms with Crippen molar-refractivity contribution in [2.75, 3.05) is 0 Å². The van der Waals surface area contributed by atoms with E-state index in [1.165, 1.54) is 51.4 Å². The lowest BCUT2D eigenvalue weighted by Gasteiger charge is -2.16. The van der Waals surface area contributed by atoms with Crippen LogP contribution in [0.25, 0.3) is 0 Å². The zero-order valence-corrected chi connectivity index (χ0v) is 10.8. The fourth-order valence-electron chi connectivity index (χ4n) is 2.18. The van der Waals surface area contributed by atoms with Gasteiger partial charge in [0.25, 0.3) is 0 Å². The summed E-state index contributed by atoms with van der Waals surface area (Å²) >= 11 is 0. The average Bonchev–Trinajstić information content (AvgIpc) is 2.21. The van der Waals surface area contributed by atoms with Crippen molar-refractivity contribution in [1.29, 1.82) is 0 Å². The molecule has 0 fully saturated rings. The molecule has 0 aromatic rings. The minimum absolute atomic E-state index is 0.959. The van der Waals surface area contributed by atoms with Crippen molar-refractivity contribution in [1.82, 2.24) is 0 Å². The number of rotatable bonds is 9. The molecule has 0 saturated heterocycles. The maximum absolute atomic E-state index is 2.42. The summed E-state index contributed by atoms with van der Waals surface area (Å²) in [5, 5.41) is 0. The van der Waals surface area contributed by atoms with Crippen LogP contribution >= 0.6 is 0 Å². The Morgan fingerprint density at radius 3 is 2.00 bits per heavy atom. The lowest BCUT2D eigenvalue weighted by Crippen LogP contribution is -2.02. The number of unbranched alkanes of at least 4 members (excludes halogenated alkanes) is 1. The van der Waals surface area contributed by atoms with E-state index in [1.807, 2.05) is 0 Å². The molecule has 86 valence electrons. The van der Waals surface area contributed by atoms with Gasteiger partial charge in [-0.25, -0.2) is 0 Å². The molecule has 0 aliphatic rings. The Bertz CT molecular complexity index is 107. The van der Waals surface area contributed by atoms with Crippen LogP contribution < -0.4 is 0 Å². The van der Waals surface area contributed by atoms with Crippen molar-refractivity contribution in [2.24, 2.45) is 11.8 Å². The lowest BCUT2D eigenvalue weighted by molar-refractivity contribution is 0.363. The van der Waals surface area contributed by atoms with E-state index in [-0.39, 0.29) is 0 Å². The van der Waals surface area contributed by atoms with Gasteiger partial charge < -0.3 is 0 Å². The van der Waals surface area contributed by atoms with E-state index < -0.39 is 0 Å². The van der Waals surface area contributed by atoms with Gasteiger partial charge in [-0.15, -0.1) is 0 Å². The van der Waals surface area contributed by atoms with E-state index in [0.717, 1.165) is 11.8 Å². The summed E-state index contributed by atoms with van der Waals surface area (Å²) in [4.78, 5) is 0. The number of hydrogen-bond acceptors (Lipinski definition) is 0. The molecule has 0 aromatic heterocycles. The largest absolute Gasteiger partial charge is 0.0654 e. The molecule has 0 aromatic carbocycles. The molecule has 0 spiro atoms. The van der Waals surface area contributed by atoms with E-state index in [2.05, 4.69) is 27.7 Å². The monoisotopic (exact) mass is 198 g/mol. The van der Waals surface area contributed by atoms with Gasteiger partial charge in [-0.3, -0.25) is 0 Å². The minimum atomic E-state index is 0.959. The highest BCUT2D eigenvalue weighted by Crippen LogP contribution is 2.22. The first-order valence-electron chi connectivity index (χ1n) is 6.74. The normalized spacial score (nSPS) is 15.4. The molecule has 0 rings (SSSR count). The van der Waals surface area contributed by atoms with Gasteiger partial charge in [-0.1, -0.05) is 79.1 Å². The molecule has 0 saturated carbocycles. The van der Waals surface area contributed by atoms with Crippen LogP contribution in [0.1, 0.15) is 79.1 Å². The van der Waals surface area contributed by atoms with Gasteiger partial charge >= 0.3 is 0 Å². The van der Waals surface area contributed by atoms with Crippen LogP contribution in [0.2, 0.25) is 0 Å². The molecule has 14 heavy (non-hydrogen) atoms. The number of hydrogen-bond donors (Lipinski definition) is 0. The van der Waals surface area contributed by atoms with E-state index in [1.54, 1.807) is 0 Å². The first-order chi connectivity index (χ1) is 6.74. The summed E-state index contributed by atoms with van der Waals surface area (Å²) in [6.45, 7) is 9.37. The maximum atomic E-state index is 2.42. The third-order valence-electron chi connectivity index (χ3n) is 3.39. The van der Waals surface area contributed by atoms with Crippen LogP contribution in [0.15, 0.2) is 0 Å². The molecular formula is C14H30. The van der Waals surface area contributed by atoms with Gasteiger partial charge in [0.05, 0.1) is 0 Å². The molecule has 0 bridgehead atoms. The smallest absolute Gasteiger partial charge is 0.0417 e. The lowest BCUT2D eigenvalue weighted by atomic mass is 9.90. The highest BCUT2D eigenvalue weighted by Gasteiger charge is 2.08. The topological polar surface area (TPSA) is 0 Å². The highest BCUT2D eigenvalue weighted by atomic mass is 14.1. The van der Waals surface area contributed by atoms with Crippen LogP contribution in [0.3, 0.4) is 0 Å². The molecule has 1 unspecified atom stereocenters. The predicted molar refractivity (Wildman–Crippen MR) is 66.6 cm³/mol. The molecular weight excluding hydrogens is 168 g/mol. The van der Waals surface area contributed by atoms with Gasteiger partial charge in [0, 0.05) is 0 Å². The Morgan fingerprint density at radius 1 is 0.786 bits per heavy atom. The van der Waals surface area contributed by atoms with Crippen molar-refractivity contribution in [3.63, 3.8) is 0 Å². The molecule has 0 heteroatoms. The second-order valence-corrected chi connectivity index (χ2v) is 4.89. The maximum Gasteiger partial charge on any atom is -0.0417 e. The molecule has 0 heterocycles. The van der Waals surface area contributed by atoms with Crippen LogP contribution in [0.4, 0.5) is 0 Å². The minimum Gasteiger partial charge on any atom is -0.0654 e. The molecule has 0 amide bonds. The molecule has 0 nitrogen and oxygen atoms in total. The summed E-state index contributed by atoms with van der Waals surface area (Å²) in [5.41, 5.74) is 0. The second kappa shape index (κ2) is 9.55. The molecule has 0 radical (unpaired) electrons. The van der Waals surface area contributed by atoms with Crippen molar-refractivity contribution < 1.29 is 0 Å². The second-order valence-electron chi connectivity index (χ2n) is 4.89. The third-order valence-corrected chi connectivity index (χ3v) is 3.39. The zero-order chi connectivity index (χ0) is 10.8. The summed E-state index contributed by atoms with van der Waals surface area (Å²) in [7, 11) is 0. The first kappa shape index (κ1) is 14.0. The van der Waals surface area contributed by atoms with E-state index in [9.17, 15) is 0 Å². The average molecular weight is 198 g/mol. The van der Waals surface area contributed by atoms with E-state index in [4.69, 9.17) is 0 Å². The first-order valence-corrected chi connectivity index (χ1v) is 6.74. The van der Waals surface area contributed by atoms with Crippen LogP contribution in [-0.4, -0.2) is 0 Å². The quantitative estimate of drug-likeness (QED) is 0.464. The molecule has 0 aliphatic carbocycles.